The van der Waals surface area contributed by atoms with E-state index in [1.54, 1.807) is 13.8 Å². The van der Waals surface area contributed by atoms with E-state index in [-0.39, 0.29) is 36.2 Å². The number of carboxylic acids is 1. The van der Waals surface area contributed by atoms with Gasteiger partial charge in [0.15, 0.2) is 0 Å². The van der Waals surface area contributed by atoms with Crippen LogP contribution in [0.5, 0.6) is 0 Å². The van der Waals surface area contributed by atoms with Crippen LogP contribution in [0, 0.1) is 5.92 Å². The topological polar surface area (TPSA) is 179 Å². The van der Waals surface area contributed by atoms with Gasteiger partial charge in [-0.15, -0.1) is 5.10 Å². The van der Waals surface area contributed by atoms with E-state index in [1.807, 2.05) is 0 Å². The summed E-state index contributed by atoms with van der Waals surface area (Å²) in [7, 11) is 1.47. The minimum atomic E-state index is -1.72. The SMILES string of the molecule is COCc1cn([C@H]2C=C(C(=O)[O-])O[C@@H]([C@H](O)[C@H](O)CO)[C@@H]2NC(=O)C(C)C)nn1.[Na+]. The second-order valence-electron chi connectivity index (χ2n) is 6.94. The average molecular weight is 436 g/mol. The van der Waals surface area contributed by atoms with Crippen molar-refractivity contribution in [1.29, 1.82) is 0 Å². The zero-order valence-corrected chi connectivity index (χ0v) is 19.3. The van der Waals surface area contributed by atoms with E-state index < -0.39 is 60.6 Å². The monoisotopic (exact) mass is 436 g/mol. The molecule has 1 aliphatic heterocycles. The second-order valence-corrected chi connectivity index (χ2v) is 6.94. The molecule has 1 amide bonds. The summed E-state index contributed by atoms with van der Waals surface area (Å²) in [6, 6.07) is -1.98. The van der Waals surface area contributed by atoms with Crippen molar-refractivity contribution in [2.75, 3.05) is 13.7 Å². The van der Waals surface area contributed by atoms with Crippen LogP contribution in [-0.2, 0) is 25.7 Å². The third kappa shape index (κ3) is 6.23. The van der Waals surface area contributed by atoms with Crippen LogP contribution in [-0.4, -0.2) is 80.3 Å². The third-order valence-electron chi connectivity index (χ3n) is 4.41. The fourth-order valence-corrected chi connectivity index (χ4v) is 2.85. The van der Waals surface area contributed by atoms with Gasteiger partial charge in [-0.25, -0.2) is 4.68 Å². The van der Waals surface area contributed by atoms with Gasteiger partial charge in [0.1, 0.15) is 35.7 Å². The Morgan fingerprint density at radius 1 is 1.40 bits per heavy atom. The fourth-order valence-electron chi connectivity index (χ4n) is 2.85. The number of carboxylic acid groups (broad SMARTS) is 1. The van der Waals surface area contributed by atoms with Crippen LogP contribution < -0.4 is 40.0 Å². The van der Waals surface area contributed by atoms with E-state index in [1.165, 1.54) is 24.1 Å². The molecular weight excluding hydrogens is 411 g/mol. The summed E-state index contributed by atoms with van der Waals surface area (Å²) in [5.41, 5.74) is 0.448. The first-order valence-corrected chi connectivity index (χ1v) is 8.96. The zero-order chi connectivity index (χ0) is 21.7. The van der Waals surface area contributed by atoms with Crippen molar-refractivity contribution in [3.05, 3.63) is 23.7 Å². The van der Waals surface area contributed by atoms with Gasteiger partial charge < -0.3 is 40.0 Å². The van der Waals surface area contributed by atoms with Crippen LogP contribution in [0.2, 0.25) is 0 Å². The first kappa shape index (κ1) is 26.5. The van der Waals surface area contributed by atoms with E-state index in [4.69, 9.17) is 9.47 Å². The summed E-state index contributed by atoms with van der Waals surface area (Å²) in [6.07, 6.45) is -2.12. The van der Waals surface area contributed by atoms with Crippen molar-refractivity contribution in [2.24, 2.45) is 5.92 Å². The third-order valence-corrected chi connectivity index (χ3v) is 4.41. The number of carbonyl (C=O) groups is 2. The number of rotatable bonds is 9. The van der Waals surface area contributed by atoms with Crippen molar-refractivity contribution in [3.8, 4) is 0 Å². The summed E-state index contributed by atoms with van der Waals surface area (Å²) in [4.78, 5) is 23.8. The number of ether oxygens (including phenoxy) is 2. The van der Waals surface area contributed by atoms with Crippen molar-refractivity contribution >= 4 is 11.9 Å². The largest absolute Gasteiger partial charge is 1.00 e. The van der Waals surface area contributed by atoms with Gasteiger partial charge in [-0.05, 0) is 6.08 Å². The number of amides is 1. The standard InChI is InChI=1S/C17H26N4O8.Na/c1-8(2)16(25)18-13-10(21-5-9(7-28-3)19-20-21)4-12(17(26)27)29-15(13)14(24)11(23)6-22;/h4-5,8,10-11,13-15,22-24H,6-7H2,1-3H3,(H,18,25)(H,26,27);/q;+1/p-1/t10-,11+,13+,14+,15+;/m0./s1. The molecule has 12 nitrogen and oxygen atoms in total. The Balaban J connectivity index is 0.00000450. The first-order chi connectivity index (χ1) is 13.7. The molecule has 0 spiro atoms. The Labute approximate surface area is 195 Å². The molecule has 2 heterocycles. The summed E-state index contributed by atoms with van der Waals surface area (Å²) in [5.74, 6) is -3.09. The van der Waals surface area contributed by atoms with E-state index in [2.05, 4.69) is 15.6 Å². The molecule has 0 saturated carbocycles. The molecule has 0 aromatic carbocycles. The maximum atomic E-state index is 12.3. The molecule has 1 aliphatic rings. The smallest absolute Gasteiger partial charge is 0.542 e. The Morgan fingerprint density at radius 3 is 2.60 bits per heavy atom. The van der Waals surface area contributed by atoms with Gasteiger partial charge >= 0.3 is 29.6 Å². The van der Waals surface area contributed by atoms with Crippen LogP contribution in [0.15, 0.2) is 18.0 Å². The van der Waals surface area contributed by atoms with Crippen LogP contribution >= 0.6 is 0 Å². The number of hydrogen-bond donors (Lipinski definition) is 4. The summed E-state index contributed by atoms with van der Waals surface area (Å²) in [6.45, 7) is 2.65. The molecular formula is C17H25N4NaO8. The van der Waals surface area contributed by atoms with Crippen LogP contribution in [0.25, 0.3) is 0 Å². The normalized spacial score (nSPS) is 23.0. The first-order valence-electron chi connectivity index (χ1n) is 8.96. The number of carbonyl (C=O) groups excluding carboxylic acids is 2. The number of aliphatic carboxylic acids is 1. The van der Waals surface area contributed by atoms with Gasteiger partial charge in [-0.2, -0.15) is 0 Å². The number of aliphatic hydroxyl groups excluding tert-OH is 3. The molecule has 30 heavy (non-hydrogen) atoms. The number of nitrogens with one attached hydrogen (secondary N) is 1. The molecule has 0 aliphatic carbocycles. The second kappa shape index (κ2) is 11.7. The Kier molecular flexibility index (Phi) is 10.4. The average Bonchev–Trinajstić information content (AvgIpc) is 3.15. The molecule has 0 saturated heterocycles. The number of aromatic nitrogens is 3. The quantitative estimate of drug-likeness (QED) is 0.272. The van der Waals surface area contributed by atoms with Crippen LogP contribution in [0.1, 0.15) is 25.6 Å². The summed E-state index contributed by atoms with van der Waals surface area (Å²) >= 11 is 0. The molecule has 0 fully saturated rings. The van der Waals surface area contributed by atoms with Gasteiger partial charge in [0.2, 0.25) is 5.91 Å². The zero-order valence-electron chi connectivity index (χ0n) is 17.3. The van der Waals surface area contributed by atoms with Crippen molar-refractivity contribution in [3.63, 3.8) is 0 Å². The Hall–Kier alpha value is -1.54. The molecule has 1 aromatic heterocycles. The van der Waals surface area contributed by atoms with Gasteiger partial charge in [0.05, 0.1) is 31.5 Å². The number of hydrogen-bond acceptors (Lipinski definition) is 10. The molecule has 5 atom stereocenters. The van der Waals surface area contributed by atoms with Gasteiger partial charge in [0.25, 0.3) is 0 Å². The summed E-state index contributed by atoms with van der Waals surface area (Å²) < 4.78 is 11.6. The van der Waals surface area contributed by atoms with Crippen molar-refractivity contribution in [1.82, 2.24) is 20.3 Å². The molecule has 2 rings (SSSR count). The molecule has 0 radical (unpaired) electrons. The molecule has 4 N–H and O–H groups in total. The predicted molar refractivity (Wildman–Crippen MR) is 93.6 cm³/mol. The Bertz CT molecular complexity index is 756. The molecule has 0 bridgehead atoms. The maximum absolute atomic E-state index is 12.3. The van der Waals surface area contributed by atoms with E-state index in [0.717, 1.165) is 0 Å². The molecule has 1 aromatic rings. The van der Waals surface area contributed by atoms with Gasteiger partial charge in [-0.1, -0.05) is 19.1 Å². The number of nitrogens with zero attached hydrogens (tertiary/aromatic N) is 3. The van der Waals surface area contributed by atoms with Crippen molar-refractivity contribution < 1.29 is 69.0 Å². The van der Waals surface area contributed by atoms with E-state index in [9.17, 15) is 30.0 Å². The molecule has 13 heteroatoms. The number of aliphatic hydroxyl groups is 3. The van der Waals surface area contributed by atoms with Gasteiger partial charge in [0, 0.05) is 13.0 Å². The van der Waals surface area contributed by atoms with Crippen LogP contribution in [0.4, 0.5) is 0 Å². The fraction of sp³-hybridized carbons (Fsp3) is 0.647. The van der Waals surface area contributed by atoms with Crippen LogP contribution in [0.3, 0.4) is 0 Å². The summed E-state index contributed by atoms with van der Waals surface area (Å²) in [5, 5.41) is 51.4. The minimum Gasteiger partial charge on any atom is -0.542 e. The Morgan fingerprint density at radius 2 is 2.07 bits per heavy atom. The van der Waals surface area contributed by atoms with Gasteiger partial charge in [-0.3, -0.25) is 4.79 Å². The molecule has 0 unspecified atom stereocenters. The van der Waals surface area contributed by atoms with E-state index in [0.29, 0.717) is 5.69 Å². The van der Waals surface area contributed by atoms with E-state index >= 15 is 0 Å². The predicted octanol–water partition coefficient (Wildman–Crippen LogP) is -6.14. The maximum Gasteiger partial charge on any atom is 1.00 e. The minimum absolute atomic E-state index is 0. The molecule has 162 valence electrons. The number of methoxy groups -OCH3 is 1. The van der Waals surface area contributed by atoms with Crippen molar-refractivity contribution in [2.45, 2.75) is 50.8 Å².